The van der Waals surface area contributed by atoms with Crippen molar-refractivity contribution in [2.75, 3.05) is 25.9 Å². The number of aromatic nitrogens is 2. The lowest BCUT2D eigenvalue weighted by atomic mass is 10.00. The van der Waals surface area contributed by atoms with Crippen molar-refractivity contribution in [3.63, 3.8) is 0 Å². The molecule has 0 radical (unpaired) electrons. The molecular weight excluding hydrogens is 425 g/mol. The van der Waals surface area contributed by atoms with Gasteiger partial charge in [-0.05, 0) is 34.0 Å². The average molecular weight is 455 g/mol. The molecule has 6 nitrogen and oxygen atoms in total. The fourth-order valence-electron chi connectivity index (χ4n) is 1.73. The number of aryl methyl sites for hydroxylation is 1. The molecule has 0 bridgehead atoms. The van der Waals surface area contributed by atoms with Crippen LogP contribution in [0.15, 0.2) is 17.4 Å². The third kappa shape index (κ3) is 7.75. The first kappa shape index (κ1) is 22.5. The monoisotopic (exact) mass is 455 g/mol. The average Bonchev–Trinajstić information content (AvgIpc) is 2.89. The van der Waals surface area contributed by atoms with Gasteiger partial charge in [-0.15, -0.1) is 24.0 Å². The zero-order chi connectivity index (χ0) is 16.8. The molecule has 1 rings (SSSR count). The van der Waals surface area contributed by atoms with Gasteiger partial charge in [-0.2, -0.15) is 16.9 Å². The Hall–Kier alpha value is -0.480. The molecule has 0 spiro atoms. The predicted octanol–water partition coefficient (Wildman–Crippen LogP) is 1.94. The minimum absolute atomic E-state index is 0. The van der Waals surface area contributed by atoms with E-state index in [4.69, 9.17) is 0 Å². The van der Waals surface area contributed by atoms with E-state index in [1.54, 1.807) is 29.6 Å². The second kappa shape index (κ2) is 9.73. The van der Waals surface area contributed by atoms with Gasteiger partial charge in [-0.25, -0.2) is 0 Å². The maximum Gasteiger partial charge on any atom is 0.191 e. The third-order valence-electron chi connectivity index (χ3n) is 3.44. The van der Waals surface area contributed by atoms with Crippen molar-refractivity contribution in [2.45, 2.75) is 38.0 Å². The van der Waals surface area contributed by atoms with E-state index in [0.29, 0.717) is 19.0 Å². The normalized spacial score (nSPS) is 14.8. The van der Waals surface area contributed by atoms with E-state index < -0.39 is 5.60 Å². The van der Waals surface area contributed by atoms with Gasteiger partial charge in [0.05, 0.1) is 19.3 Å². The molecule has 0 amide bonds. The van der Waals surface area contributed by atoms with Crippen LogP contribution >= 0.6 is 35.7 Å². The van der Waals surface area contributed by atoms with Crippen LogP contribution in [0.3, 0.4) is 0 Å². The van der Waals surface area contributed by atoms with Crippen molar-refractivity contribution in [2.24, 2.45) is 12.0 Å². The highest BCUT2D eigenvalue weighted by atomic mass is 127. The molecule has 1 heterocycles. The Labute approximate surface area is 160 Å². The maximum absolute atomic E-state index is 10.6. The highest BCUT2D eigenvalue weighted by Crippen LogP contribution is 2.21. The molecule has 0 aliphatic rings. The summed E-state index contributed by atoms with van der Waals surface area (Å²) >= 11 is 1.79. The first-order valence-electron chi connectivity index (χ1n) is 7.49. The molecule has 3 N–H and O–H groups in total. The Balaban J connectivity index is 0.00000484. The Morgan fingerprint density at radius 3 is 2.52 bits per heavy atom. The zero-order valence-electron chi connectivity index (χ0n) is 14.9. The van der Waals surface area contributed by atoms with Gasteiger partial charge in [0.15, 0.2) is 5.96 Å². The topological polar surface area (TPSA) is 74.5 Å². The van der Waals surface area contributed by atoms with Crippen LogP contribution < -0.4 is 10.6 Å². The van der Waals surface area contributed by atoms with E-state index in [1.807, 2.05) is 20.2 Å². The molecule has 0 aromatic carbocycles. The van der Waals surface area contributed by atoms with Crippen LogP contribution in [0.25, 0.3) is 0 Å². The fourth-order valence-corrected chi connectivity index (χ4v) is 1.93. The minimum atomic E-state index is -1.00. The second-order valence-corrected chi connectivity index (χ2v) is 7.70. The summed E-state index contributed by atoms with van der Waals surface area (Å²) in [4.78, 5) is 4.60. The molecule has 1 aromatic heterocycles. The molecule has 0 saturated heterocycles. The standard InChI is InChI=1S/C15H29N5OS.HI/c1-7-16-13(17-10-14(2,3)22-6)18-11-15(4,21)12-8-19-20(5)9-12;/h8-9,21H,7,10-11H2,1-6H3,(H2,16,17,18);1H. The molecule has 0 fully saturated rings. The Morgan fingerprint density at radius 1 is 1.39 bits per heavy atom. The van der Waals surface area contributed by atoms with Crippen LogP contribution in [0.5, 0.6) is 0 Å². The third-order valence-corrected chi connectivity index (χ3v) is 4.68. The number of guanidine groups is 1. The summed E-state index contributed by atoms with van der Waals surface area (Å²) in [5.74, 6) is 0.716. The van der Waals surface area contributed by atoms with Gasteiger partial charge < -0.3 is 15.7 Å². The molecule has 134 valence electrons. The predicted molar refractivity (Wildman–Crippen MR) is 110 cm³/mol. The van der Waals surface area contributed by atoms with Gasteiger partial charge in [-0.1, -0.05) is 0 Å². The highest BCUT2D eigenvalue weighted by molar-refractivity contribution is 14.0. The van der Waals surface area contributed by atoms with Crippen molar-refractivity contribution < 1.29 is 5.11 Å². The number of thioether (sulfide) groups is 1. The lowest BCUT2D eigenvalue weighted by molar-refractivity contribution is 0.0616. The Kier molecular flexibility index (Phi) is 9.53. The number of halogens is 1. The van der Waals surface area contributed by atoms with E-state index in [1.165, 1.54) is 0 Å². The van der Waals surface area contributed by atoms with E-state index in [2.05, 4.69) is 40.8 Å². The summed E-state index contributed by atoms with van der Waals surface area (Å²) in [7, 11) is 1.84. The van der Waals surface area contributed by atoms with Crippen molar-refractivity contribution in [3.8, 4) is 0 Å². The van der Waals surface area contributed by atoms with Gasteiger partial charge in [0.1, 0.15) is 5.60 Å². The lowest BCUT2D eigenvalue weighted by Crippen LogP contribution is -2.45. The number of nitrogens with zero attached hydrogens (tertiary/aromatic N) is 3. The number of aliphatic hydroxyl groups is 1. The number of hydrogen-bond acceptors (Lipinski definition) is 4. The number of aliphatic imine (C=N–C) groups is 1. The van der Waals surface area contributed by atoms with E-state index in [0.717, 1.165) is 12.1 Å². The molecule has 1 atom stereocenters. The fraction of sp³-hybridized carbons (Fsp3) is 0.733. The van der Waals surface area contributed by atoms with Crippen molar-refractivity contribution in [1.82, 2.24) is 20.4 Å². The van der Waals surface area contributed by atoms with Crippen molar-refractivity contribution >= 4 is 41.7 Å². The van der Waals surface area contributed by atoms with Crippen molar-refractivity contribution in [1.29, 1.82) is 0 Å². The quantitative estimate of drug-likeness (QED) is 0.333. The molecule has 1 unspecified atom stereocenters. The molecule has 0 saturated carbocycles. The van der Waals surface area contributed by atoms with Crippen LogP contribution in [0, 0.1) is 0 Å². The van der Waals surface area contributed by atoms with Gasteiger partial charge in [0, 0.05) is 30.1 Å². The summed E-state index contributed by atoms with van der Waals surface area (Å²) in [6.07, 6.45) is 5.59. The molecular formula is C15H30IN5OS. The van der Waals surface area contributed by atoms with Crippen LogP contribution in [-0.2, 0) is 12.6 Å². The zero-order valence-corrected chi connectivity index (χ0v) is 18.0. The SMILES string of the molecule is CCNC(=NCC(C)(C)SC)NCC(C)(O)c1cnn(C)c1.I. The van der Waals surface area contributed by atoms with Crippen LogP contribution in [0.4, 0.5) is 0 Å². The summed E-state index contributed by atoms with van der Waals surface area (Å²) < 4.78 is 1.78. The first-order chi connectivity index (χ1) is 10.2. The lowest BCUT2D eigenvalue weighted by Gasteiger charge is -2.25. The Bertz CT molecular complexity index is 502. The van der Waals surface area contributed by atoms with Gasteiger partial charge in [0.2, 0.25) is 0 Å². The highest BCUT2D eigenvalue weighted by Gasteiger charge is 2.25. The minimum Gasteiger partial charge on any atom is -0.383 e. The second-order valence-electron chi connectivity index (χ2n) is 6.19. The summed E-state index contributed by atoms with van der Waals surface area (Å²) in [5, 5.41) is 21.1. The largest absolute Gasteiger partial charge is 0.383 e. The maximum atomic E-state index is 10.6. The number of nitrogens with one attached hydrogen (secondary N) is 2. The van der Waals surface area contributed by atoms with E-state index >= 15 is 0 Å². The van der Waals surface area contributed by atoms with E-state index in [-0.39, 0.29) is 28.7 Å². The number of rotatable bonds is 7. The smallest absolute Gasteiger partial charge is 0.191 e. The van der Waals surface area contributed by atoms with Gasteiger partial charge in [0.25, 0.3) is 0 Å². The number of hydrogen-bond donors (Lipinski definition) is 3. The van der Waals surface area contributed by atoms with Gasteiger partial charge >= 0.3 is 0 Å². The Morgan fingerprint density at radius 2 is 2.04 bits per heavy atom. The summed E-state index contributed by atoms with van der Waals surface area (Å²) in [6.45, 7) is 9.97. The first-order valence-corrected chi connectivity index (χ1v) is 8.71. The molecule has 0 aliphatic carbocycles. The van der Waals surface area contributed by atoms with E-state index in [9.17, 15) is 5.11 Å². The molecule has 0 aliphatic heterocycles. The van der Waals surface area contributed by atoms with Crippen LogP contribution in [0.1, 0.15) is 33.3 Å². The molecule has 8 heteroatoms. The molecule has 1 aromatic rings. The van der Waals surface area contributed by atoms with Crippen LogP contribution in [-0.4, -0.2) is 51.5 Å². The van der Waals surface area contributed by atoms with Crippen molar-refractivity contribution in [3.05, 3.63) is 18.0 Å². The molecule has 23 heavy (non-hydrogen) atoms. The van der Waals surface area contributed by atoms with Crippen LogP contribution in [0.2, 0.25) is 0 Å². The summed E-state index contributed by atoms with van der Waals surface area (Å²) in [5.41, 5.74) is -0.220. The summed E-state index contributed by atoms with van der Waals surface area (Å²) in [6, 6.07) is 0. The van der Waals surface area contributed by atoms with Gasteiger partial charge in [-0.3, -0.25) is 9.67 Å².